The van der Waals surface area contributed by atoms with Gasteiger partial charge in [0.15, 0.2) is 0 Å². The monoisotopic (exact) mass is 359 g/mol. The van der Waals surface area contributed by atoms with E-state index in [0.717, 1.165) is 16.1 Å². The molecule has 3 amide bonds. The van der Waals surface area contributed by atoms with E-state index in [0.29, 0.717) is 13.0 Å². The predicted octanol–water partition coefficient (Wildman–Crippen LogP) is 3.06. The maximum atomic E-state index is 11.7. The molecular formula is C19H22ClN3O2. The molecule has 6 heteroatoms. The number of hydrogen-bond donors (Lipinski definition) is 3. The van der Waals surface area contributed by atoms with Gasteiger partial charge in [0.05, 0.1) is 0 Å². The van der Waals surface area contributed by atoms with Gasteiger partial charge in [-0.05, 0) is 23.6 Å². The van der Waals surface area contributed by atoms with Gasteiger partial charge in [0.2, 0.25) is 5.91 Å². The van der Waals surface area contributed by atoms with E-state index in [9.17, 15) is 9.59 Å². The lowest BCUT2D eigenvalue weighted by Crippen LogP contribution is -2.39. The zero-order valence-electron chi connectivity index (χ0n) is 14.1. The number of carbonyl (C=O) groups excluding carboxylic acids is 2. The molecule has 5 nitrogen and oxygen atoms in total. The molecule has 0 bridgehead atoms. The molecule has 0 fully saturated rings. The average Bonchev–Trinajstić information content (AvgIpc) is 2.63. The molecule has 0 heterocycles. The van der Waals surface area contributed by atoms with Crippen molar-refractivity contribution in [1.29, 1.82) is 0 Å². The number of nitrogens with one attached hydrogen (secondary N) is 3. The van der Waals surface area contributed by atoms with Gasteiger partial charge in [-0.3, -0.25) is 10.1 Å². The maximum absolute atomic E-state index is 11.7. The number of rotatable bonds is 7. The average molecular weight is 360 g/mol. The Kier molecular flexibility index (Phi) is 7.44. The largest absolute Gasteiger partial charge is 0.341 e. The van der Waals surface area contributed by atoms with E-state index in [-0.39, 0.29) is 18.4 Å². The van der Waals surface area contributed by atoms with Crippen LogP contribution in [0.5, 0.6) is 0 Å². The Hall–Kier alpha value is -2.37. The number of carbonyl (C=O) groups is 2. The van der Waals surface area contributed by atoms with Crippen LogP contribution < -0.4 is 16.0 Å². The van der Waals surface area contributed by atoms with Gasteiger partial charge >= 0.3 is 6.03 Å². The van der Waals surface area contributed by atoms with Crippen LogP contribution >= 0.6 is 11.6 Å². The summed E-state index contributed by atoms with van der Waals surface area (Å²) in [5.41, 5.74) is 2.16. The Morgan fingerprint density at radius 1 is 1.04 bits per heavy atom. The fourth-order valence-electron chi connectivity index (χ4n) is 2.49. The highest BCUT2D eigenvalue weighted by Crippen LogP contribution is 2.23. The summed E-state index contributed by atoms with van der Waals surface area (Å²) in [6, 6.07) is 17.3. The third-order valence-corrected chi connectivity index (χ3v) is 4.18. The molecule has 0 aliphatic rings. The fourth-order valence-corrected chi connectivity index (χ4v) is 2.70. The van der Waals surface area contributed by atoms with Crippen molar-refractivity contribution in [3.05, 3.63) is 70.7 Å². The van der Waals surface area contributed by atoms with Gasteiger partial charge < -0.3 is 10.6 Å². The van der Waals surface area contributed by atoms with Crippen LogP contribution in [-0.4, -0.2) is 25.5 Å². The second-order valence-electron chi connectivity index (χ2n) is 5.59. The van der Waals surface area contributed by atoms with Gasteiger partial charge in [0, 0.05) is 31.1 Å². The van der Waals surface area contributed by atoms with E-state index in [1.165, 1.54) is 7.05 Å². The molecule has 0 aliphatic heterocycles. The van der Waals surface area contributed by atoms with Gasteiger partial charge in [0.25, 0.3) is 0 Å². The molecule has 0 spiro atoms. The topological polar surface area (TPSA) is 70.2 Å². The van der Waals surface area contributed by atoms with E-state index >= 15 is 0 Å². The highest BCUT2D eigenvalue weighted by atomic mass is 35.5. The van der Waals surface area contributed by atoms with Gasteiger partial charge in [-0.1, -0.05) is 60.1 Å². The summed E-state index contributed by atoms with van der Waals surface area (Å²) < 4.78 is 0. The van der Waals surface area contributed by atoms with Crippen molar-refractivity contribution in [1.82, 2.24) is 16.0 Å². The Bertz CT molecular complexity index is 707. The minimum Gasteiger partial charge on any atom is -0.341 e. The standard InChI is InChI=1S/C19H22ClN3O2/c1-21-19(25)23-18(24)11-12-22-17(14-7-3-2-4-8-14)13-15-9-5-6-10-16(15)20/h2-10,17,22H,11-13H2,1H3,(H2,21,23,24,25). The Labute approximate surface area is 152 Å². The highest BCUT2D eigenvalue weighted by Gasteiger charge is 2.14. The lowest BCUT2D eigenvalue weighted by atomic mass is 9.98. The van der Waals surface area contributed by atoms with Crippen molar-refractivity contribution in [2.24, 2.45) is 0 Å². The molecule has 0 radical (unpaired) electrons. The summed E-state index contributed by atoms with van der Waals surface area (Å²) in [5, 5.41) is 8.71. The van der Waals surface area contributed by atoms with Crippen molar-refractivity contribution < 1.29 is 9.59 Å². The highest BCUT2D eigenvalue weighted by molar-refractivity contribution is 6.31. The molecule has 3 N–H and O–H groups in total. The first kappa shape index (κ1) is 19.0. The number of hydrogen-bond acceptors (Lipinski definition) is 3. The van der Waals surface area contributed by atoms with Crippen LogP contribution in [0.2, 0.25) is 5.02 Å². The molecule has 2 aromatic carbocycles. The number of benzene rings is 2. The number of halogens is 1. The van der Waals surface area contributed by atoms with Crippen molar-refractivity contribution in [2.45, 2.75) is 18.9 Å². The van der Waals surface area contributed by atoms with E-state index in [2.05, 4.69) is 16.0 Å². The summed E-state index contributed by atoms with van der Waals surface area (Å²) in [6.45, 7) is 0.451. The van der Waals surface area contributed by atoms with Crippen LogP contribution in [0.3, 0.4) is 0 Å². The zero-order valence-corrected chi connectivity index (χ0v) is 14.8. The molecular weight excluding hydrogens is 338 g/mol. The molecule has 0 saturated heterocycles. The lowest BCUT2D eigenvalue weighted by molar-refractivity contribution is -0.119. The third-order valence-electron chi connectivity index (χ3n) is 3.81. The van der Waals surface area contributed by atoms with E-state index < -0.39 is 6.03 Å². The first-order valence-electron chi connectivity index (χ1n) is 8.13. The lowest BCUT2D eigenvalue weighted by Gasteiger charge is -2.20. The zero-order chi connectivity index (χ0) is 18.1. The molecule has 25 heavy (non-hydrogen) atoms. The van der Waals surface area contributed by atoms with Crippen LogP contribution in [0.15, 0.2) is 54.6 Å². The first-order valence-corrected chi connectivity index (χ1v) is 8.51. The Morgan fingerprint density at radius 2 is 1.72 bits per heavy atom. The first-order chi connectivity index (χ1) is 12.1. The third kappa shape index (κ3) is 6.21. The van der Waals surface area contributed by atoms with Crippen LogP contribution in [-0.2, 0) is 11.2 Å². The normalized spacial score (nSPS) is 11.6. The molecule has 0 aromatic heterocycles. The van der Waals surface area contributed by atoms with Crippen LogP contribution in [0.1, 0.15) is 23.6 Å². The summed E-state index contributed by atoms with van der Waals surface area (Å²) in [4.78, 5) is 22.9. The van der Waals surface area contributed by atoms with Crippen LogP contribution in [0.25, 0.3) is 0 Å². The molecule has 0 aliphatic carbocycles. The van der Waals surface area contributed by atoms with Gasteiger partial charge in [-0.25, -0.2) is 4.79 Å². The number of imide groups is 1. The van der Waals surface area contributed by atoms with Crippen molar-refractivity contribution in [3.8, 4) is 0 Å². The molecule has 2 rings (SSSR count). The van der Waals surface area contributed by atoms with Gasteiger partial charge in [-0.2, -0.15) is 0 Å². The molecule has 2 aromatic rings. The van der Waals surface area contributed by atoms with Crippen LogP contribution in [0.4, 0.5) is 4.79 Å². The van der Waals surface area contributed by atoms with E-state index in [1.54, 1.807) is 0 Å². The summed E-state index contributed by atoms with van der Waals surface area (Å²) in [5.74, 6) is -0.323. The summed E-state index contributed by atoms with van der Waals surface area (Å²) >= 11 is 6.28. The van der Waals surface area contributed by atoms with E-state index in [1.807, 2.05) is 54.6 Å². The number of urea groups is 1. The quantitative estimate of drug-likeness (QED) is 0.711. The minimum atomic E-state index is -0.499. The van der Waals surface area contributed by atoms with Crippen molar-refractivity contribution >= 4 is 23.5 Å². The molecule has 1 atom stereocenters. The SMILES string of the molecule is CNC(=O)NC(=O)CCNC(Cc1ccccc1Cl)c1ccccc1. The predicted molar refractivity (Wildman–Crippen MR) is 99.6 cm³/mol. The van der Waals surface area contributed by atoms with Gasteiger partial charge in [-0.15, -0.1) is 0 Å². The molecule has 132 valence electrons. The Morgan fingerprint density at radius 3 is 2.40 bits per heavy atom. The Balaban J connectivity index is 2.00. The van der Waals surface area contributed by atoms with Gasteiger partial charge in [0.1, 0.15) is 0 Å². The smallest absolute Gasteiger partial charge is 0.321 e. The second-order valence-corrected chi connectivity index (χ2v) is 6.00. The second kappa shape index (κ2) is 9.81. The maximum Gasteiger partial charge on any atom is 0.321 e. The summed E-state index contributed by atoms with van der Waals surface area (Å²) in [6.07, 6.45) is 0.917. The number of amides is 3. The van der Waals surface area contributed by atoms with E-state index in [4.69, 9.17) is 11.6 Å². The summed E-state index contributed by atoms with van der Waals surface area (Å²) in [7, 11) is 1.47. The molecule has 1 unspecified atom stereocenters. The fraction of sp³-hybridized carbons (Fsp3) is 0.263. The van der Waals surface area contributed by atoms with Crippen molar-refractivity contribution in [2.75, 3.05) is 13.6 Å². The van der Waals surface area contributed by atoms with Crippen molar-refractivity contribution in [3.63, 3.8) is 0 Å². The van der Waals surface area contributed by atoms with Crippen LogP contribution in [0, 0.1) is 0 Å². The molecule has 0 saturated carbocycles. The minimum absolute atomic E-state index is 0.0221.